The Morgan fingerprint density at radius 3 is 2.10 bits per heavy atom. The summed E-state index contributed by atoms with van der Waals surface area (Å²) in [4.78, 5) is 36.7. The van der Waals surface area contributed by atoms with Gasteiger partial charge in [0, 0.05) is 11.8 Å². The van der Waals surface area contributed by atoms with Gasteiger partial charge >= 0.3 is 17.9 Å². The Kier molecular flexibility index (Phi) is 11.3. The summed E-state index contributed by atoms with van der Waals surface area (Å²) in [7, 11) is 0. The maximum absolute atomic E-state index is 12.6. The summed E-state index contributed by atoms with van der Waals surface area (Å²) < 4.78 is 14.7. The number of benzene rings is 1. The van der Waals surface area contributed by atoms with Crippen LogP contribution in [0.1, 0.15) is 31.6 Å². The lowest BCUT2D eigenvalue weighted by Gasteiger charge is -2.31. The Bertz CT molecular complexity index is 764. The molecule has 0 heterocycles. The monoisotopic (exact) mass is 478 g/mol. The highest BCUT2D eigenvalue weighted by Crippen LogP contribution is 2.42. The summed E-state index contributed by atoms with van der Waals surface area (Å²) in [6, 6.07) is 4.46. The van der Waals surface area contributed by atoms with Crippen molar-refractivity contribution < 1.29 is 33.7 Å². The van der Waals surface area contributed by atoms with Crippen molar-refractivity contribution in [3.63, 3.8) is 0 Å². The van der Waals surface area contributed by atoms with Crippen LogP contribution in [0.4, 0.5) is 0 Å². The predicted octanol–water partition coefficient (Wildman–Crippen LogP) is 3.74. The number of halogens is 2. The smallest absolute Gasteiger partial charge is 0.351 e. The molecule has 0 aliphatic carbocycles. The summed E-state index contributed by atoms with van der Waals surface area (Å²) in [6.45, 7) is 4.90. The summed E-state index contributed by atoms with van der Waals surface area (Å²) in [5.41, 5.74) is -2.30. The number of ether oxygens (including phenoxy) is 3. The van der Waals surface area contributed by atoms with E-state index in [-0.39, 0.29) is 35.6 Å². The van der Waals surface area contributed by atoms with E-state index in [0.29, 0.717) is 5.56 Å². The second-order valence-electron chi connectivity index (χ2n) is 5.75. The fraction of sp³-hybridized carbons (Fsp3) is 0.450. The number of carbonyl (C=O) groups is 3. The van der Waals surface area contributed by atoms with Gasteiger partial charge in [0.2, 0.25) is 0 Å². The van der Waals surface area contributed by atoms with Crippen LogP contribution in [-0.2, 0) is 28.6 Å². The quantitative estimate of drug-likeness (QED) is 0.222. The summed E-state index contributed by atoms with van der Waals surface area (Å²) >= 11 is 13.1. The SMILES string of the molecule is CCOC(=O)/C=C/CSC(c1ccc(Cl)c(Cl)c1)C(O)(C(=O)OCC)C(=O)OCC. The maximum atomic E-state index is 12.6. The lowest BCUT2D eigenvalue weighted by Crippen LogP contribution is -2.52. The Labute approximate surface area is 189 Å². The van der Waals surface area contributed by atoms with Gasteiger partial charge in [-0.15, -0.1) is 11.8 Å². The van der Waals surface area contributed by atoms with Crippen LogP contribution in [0.15, 0.2) is 30.4 Å². The highest BCUT2D eigenvalue weighted by atomic mass is 35.5. The van der Waals surface area contributed by atoms with Gasteiger partial charge < -0.3 is 19.3 Å². The van der Waals surface area contributed by atoms with Crippen molar-refractivity contribution >= 4 is 52.9 Å². The molecule has 0 amide bonds. The molecule has 0 saturated heterocycles. The van der Waals surface area contributed by atoms with Crippen molar-refractivity contribution in [2.45, 2.75) is 31.6 Å². The summed E-state index contributed by atoms with van der Waals surface area (Å²) in [6.07, 6.45) is 2.71. The molecule has 0 bridgehead atoms. The molecular formula is C20H24Cl2O7S. The van der Waals surface area contributed by atoms with E-state index >= 15 is 0 Å². The van der Waals surface area contributed by atoms with Crippen LogP contribution in [-0.4, -0.2) is 54.2 Å². The van der Waals surface area contributed by atoms with Gasteiger partial charge in [0.15, 0.2) is 0 Å². The standard InChI is InChI=1S/C20H24Cl2O7S/c1-4-27-16(23)8-7-11-30-17(13-9-10-14(21)15(22)12-13)20(26,18(24)28-5-2)19(25)29-6-3/h7-10,12,17,26H,4-6,11H2,1-3H3/b8-7+. The van der Waals surface area contributed by atoms with Gasteiger partial charge in [-0.3, -0.25) is 0 Å². The van der Waals surface area contributed by atoms with Crippen LogP contribution in [0.3, 0.4) is 0 Å². The molecule has 1 atom stereocenters. The number of rotatable bonds is 11. The molecule has 0 saturated carbocycles. The third-order valence-corrected chi connectivity index (χ3v) is 5.77. The first-order chi connectivity index (χ1) is 14.2. The number of carbonyl (C=O) groups excluding carboxylic acids is 3. The molecule has 0 aromatic heterocycles. The van der Waals surface area contributed by atoms with Crippen molar-refractivity contribution in [2.75, 3.05) is 25.6 Å². The molecule has 1 rings (SSSR count). The second kappa shape index (κ2) is 12.8. The van der Waals surface area contributed by atoms with E-state index < -0.39 is 28.8 Å². The molecule has 0 aliphatic rings. The van der Waals surface area contributed by atoms with E-state index in [9.17, 15) is 19.5 Å². The Hall–Kier alpha value is -1.74. The molecule has 166 valence electrons. The van der Waals surface area contributed by atoms with Crippen molar-refractivity contribution in [1.29, 1.82) is 0 Å². The lowest BCUT2D eigenvalue weighted by molar-refractivity contribution is -0.183. The van der Waals surface area contributed by atoms with Crippen LogP contribution < -0.4 is 0 Å². The van der Waals surface area contributed by atoms with Crippen LogP contribution in [0.25, 0.3) is 0 Å². The zero-order chi connectivity index (χ0) is 22.7. The number of esters is 3. The van der Waals surface area contributed by atoms with E-state index in [4.69, 9.17) is 37.4 Å². The highest BCUT2D eigenvalue weighted by Gasteiger charge is 2.54. The number of hydrogen-bond donors (Lipinski definition) is 1. The molecule has 0 radical (unpaired) electrons. The first-order valence-electron chi connectivity index (χ1n) is 9.18. The van der Waals surface area contributed by atoms with E-state index in [1.165, 1.54) is 30.4 Å². The van der Waals surface area contributed by atoms with Crippen LogP contribution in [0, 0.1) is 0 Å². The Balaban J connectivity index is 3.35. The maximum Gasteiger partial charge on any atom is 0.351 e. The molecule has 7 nitrogen and oxygen atoms in total. The lowest BCUT2D eigenvalue weighted by atomic mass is 9.93. The second-order valence-corrected chi connectivity index (χ2v) is 7.70. The minimum absolute atomic E-state index is 0.0535. The van der Waals surface area contributed by atoms with Gasteiger partial charge in [0.25, 0.3) is 5.60 Å². The molecule has 30 heavy (non-hydrogen) atoms. The molecule has 1 aromatic rings. The highest BCUT2D eigenvalue weighted by molar-refractivity contribution is 7.99. The van der Waals surface area contributed by atoms with E-state index in [0.717, 1.165) is 11.8 Å². The molecule has 1 N–H and O–H groups in total. The molecule has 0 aliphatic heterocycles. The first kappa shape index (κ1) is 26.3. The normalized spacial score (nSPS) is 12.5. The van der Waals surface area contributed by atoms with Crippen LogP contribution >= 0.6 is 35.0 Å². The average Bonchev–Trinajstić information content (AvgIpc) is 2.70. The average molecular weight is 479 g/mol. The molecule has 0 spiro atoms. The zero-order valence-corrected chi connectivity index (χ0v) is 19.2. The minimum Gasteiger partial charge on any atom is -0.463 e. The molecule has 10 heteroatoms. The largest absolute Gasteiger partial charge is 0.463 e. The molecule has 1 aromatic carbocycles. The third-order valence-electron chi connectivity index (χ3n) is 3.70. The molecular weight excluding hydrogens is 455 g/mol. The molecule has 1 unspecified atom stereocenters. The van der Waals surface area contributed by atoms with Crippen molar-refractivity contribution in [3.8, 4) is 0 Å². The van der Waals surface area contributed by atoms with Crippen LogP contribution in [0.2, 0.25) is 10.0 Å². The number of aliphatic hydroxyl groups is 1. The van der Waals surface area contributed by atoms with Gasteiger partial charge in [-0.2, -0.15) is 0 Å². The topological polar surface area (TPSA) is 99.1 Å². The summed E-state index contributed by atoms with van der Waals surface area (Å²) in [5.74, 6) is -2.68. The minimum atomic E-state index is -2.65. The number of thioether (sulfide) groups is 1. The van der Waals surface area contributed by atoms with E-state index in [1.54, 1.807) is 20.8 Å². The van der Waals surface area contributed by atoms with Gasteiger partial charge in [0.05, 0.1) is 35.1 Å². The van der Waals surface area contributed by atoms with Gasteiger partial charge in [-0.25, -0.2) is 14.4 Å². The van der Waals surface area contributed by atoms with Gasteiger partial charge in [-0.05, 0) is 38.5 Å². The van der Waals surface area contributed by atoms with Crippen molar-refractivity contribution in [2.24, 2.45) is 0 Å². The van der Waals surface area contributed by atoms with Gasteiger partial charge in [0.1, 0.15) is 0 Å². The fourth-order valence-electron chi connectivity index (χ4n) is 2.40. The first-order valence-corrected chi connectivity index (χ1v) is 11.0. The Morgan fingerprint density at radius 1 is 1.03 bits per heavy atom. The van der Waals surface area contributed by atoms with Crippen molar-refractivity contribution in [3.05, 3.63) is 46.0 Å². The third kappa shape index (κ3) is 6.91. The predicted molar refractivity (Wildman–Crippen MR) is 116 cm³/mol. The van der Waals surface area contributed by atoms with E-state index in [2.05, 4.69) is 0 Å². The Morgan fingerprint density at radius 2 is 1.60 bits per heavy atom. The zero-order valence-electron chi connectivity index (χ0n) is 16.9. The van der Waals surface area contributed by atoms with Gasteiger partial charge in [-0.1, -0.05) is 35.3 Å². The fourth-order valence-corrected chi connectivity index (χ4v) is 3.88. The summed E-state index contributed by atoms with van der Waals surface area (Å²) in [5, 5.41) is 10.5. The van der Waals surface area contributed by atoms with Crippen LogP contribution in [0.5, 0.6) is 0 Å². The van der Waals surface area contributed by atoms with Crippen molar-refractivity contribution in [1.82, 2.24) is 0 Å². The molecule has 0 fully saturated rings. The number of hydrogen-bond acceptors (Lipinski definition) is 8. The van der Waals surface area contributed by atoms with E-state index in [1.807, 2.05) is 0 Å².